The van der Waals surface area contributed by atoms with Crippen LogP contribution in [-0.4, -0.2) is 30.6 Å². The largest absolute Gasteiger partial charge is 0.384 e. The van der Waals surface area contributed by atoms with Gasteiger partial charge in [-0.25, -0.2) is 0 Å². The third-order valence-electron chi connectivity index (χ3n) is 4.10. The van der Waals surface area contributed by atoms with Gasteiger partial charge in [0.25, 0.3) is 5.91 Å². The maximum atomic E-state index is 11.4. The lowest BCUT2D eigenvalue weighted by Gasteiger charge is -2.14. The Bertz CT molecular complexity index is 672. The molecule has 1 saturated heterocycles. The second kappa shape index (κ2) is 6.23. The van der Waals surface area contributed by atoms with Crippen molar-refractivity contribution in [3.05, 3.63) is 41.6 Å². The highest BCUT2D eigenvalue weighted by atomic mass is 16.5. The summed E-state index contributed by atoms with van der Waals surface area (Å²) in [6, 6.07) is 9.88. The second-order valence-electron chi connectivity index (χ2n) is 5.74. The van der Waals surface area contributed by atoms with Crippen molar-refractivity contribution >= 4 is 11.6 Å². The molecule has 1 fully saturated rings. The number of para-hydroxylation sites is 1. The third kappa shape index (κ3) is 2.99. The zero-order chi connectivity index (χ0) is 15.5. The van der Waals surface area contributed by atoms with E-state index in [0.717, 1.165) is 48.8 Å². The number of benzene rings is 1. The van der Waals surface area contributed by atoms with Crippen LogP contribution in [0, 0.1) is 12.8 Å². The normalized spacial score (nSPS) is 17.6. The van der Waals surface area contributed by atoms with Crippen molar-refractivity contribution in [2.24, 2.45) is 11.7 Å². The molecule has 1 atom stereocenters. The molecule has 0 saturated carbocycles. The molecule has 2 heterocycles. The summed E-state index contributed by atoms with van der Waals surface area (Å²) in [7, 11) is 0. The van der Waals surface area contributed by atoms with Crippen molar-refractivity contribution in [3.8, 4) is 11.3 Å². The Morgan fingerprint density at radius 2 is 2.27 bits per heavy atom. The molecular formula is C17H21N3O2. The smallest absolute Gasteiger partial charge is 0.250 e. The number of aromatic amines is 1. The van der Waals surface area contributed by atoms with E-state index in [-0.39, 0.29) is 0 Å². The van der Waals surface area contributed by atoms with Crippen molar-refractivity contribution in [1.82, 2.24) is 4.98 Å². The fourth-order valence-corrected chi connectivity index (χ4v) is 2.83. The second-order valence-corrected chi connectivity index (χ2v) is 5.74. The van der Waals surface area contributed by atoms with Crippen molar-refractivity contribution in [3.63, 3.8) is 0 Å². The highest BCUT2D eigenvalue weighted by Crippen LogP contribution is 2.29. The number of aryl methyl sites for hydroxylation is 1. The first-order chi connectivity index (χ1) is 10.6. The summed E-state index contributed by atoms with van der Waals surface area (Å²) in [4.78, 5) is 14.7. The van der Waals surface area contributed by atoms with Gasteiger partial charge in [0.15, 0.2) is 0 Å². The Morgan fingerprint density at radius 3 is 2.95 bits per heavy atom. The number of H-pyrrole nitrogens is 1. The van der Waals surface area contributed by atoms with Crippen LogP contribution in [0.15, 0.2) is 30.3 Å². The molecule has 2 aromatic rings. The van der Waals surface area contributed by atoms with Gasteiger partial charge in [-0.3, -0.25) is 4.79 Å². The highest BCUT2D eigenvalue weighted by molar-refractivity contribution is 5.96. The molecule has 0 aliphatic carbocycles. The zero-order valence-electron chi connectivity index (χ0n) is 12.7. The zero-order valence-corrected chi connectivity index (χ0v) is 12.7. The standard InChI is InChI=1S/C17H21N3O2/c1-11-14(17(18)21)8-16(20-11)13-4-2-3-5-15(13)19-9-12-6-7-22-10-12/h2-5,8,12,19-20H,6-7,9-10H2,1H3,(H2,18,21)/t12-/m0/s1. The van der Waals surface area contributed by atoms with Crippen LogP contribution in [0.3, 0.4) is 0 Å². The summed E-state index contributed by atoms with van der Waals surface area (Å²) >= 11 is 0. The number of carbonyl (C=O) groups is 1. The molecular weight excluding hydrogens is 278 g/mol. The summed E-state index contributed by atoms with van der Waals surface area (Å²) < 4.78 is 5.41. The van der Waals surface area contributed by atoms with E-state index in [1.807, 2.05) is 37.3 Å². The average molecular weight is 299 g/mol. The molecule has 3 rings (SSSR count). The highest BCUT2D eigenvalue weighted by Gasteiger charge is 2.17. The summed E-state index contributed by atoms with van der Waals surface area (Å²) in [5.74, 6) is 0.146. The molecule has 5 nitrogen and oxygen atoms in total. The molecule has 116 valence electrons. The minimum atomic E-state index is -0.409. The average Bonchev–Trinajstić information content (AvgIpc) is 3.14. The number of anilines is 1. The number of carbonyl (C=O) groups excluding carboxylic acids is 1. The molecule has 1 aliphatic heterocycles. The number of hydrogen-bond acceptors (Lipinski definition) is 3. The van der Waals surface area contributed by atoms with Crippen LogP contribution in [-0.2, 0) is 4.74 Å². The quantitative estimate of drug-likeness (QED) is 0.793. The van der Waals surface area contributed by atoms with Gasteiger partial charge in [0, 0.05) is 41.7 Å². The molecule has 1 aromatic heterocycles. The van der Waals surface area contributed by atoms with E-state index >= 15 is 0 Å². The fourth-order valence-electron chi connectivity index (χ4n) is 2.83. The molecule has 0 unspecified atom stereocenters. The molecule has 0 spiro atoms. The fraction of sp³-hybridized carbons (Fsp3) is 0.353. The maximum absolute atomic E-state index is 11.4. The number of amides is 1. The van der Waals surface area contributed by atoms with E-state index in [0.29, 0.717) is 11.5 Å². The molecule has 22 heavy (non-hydrogen) atoms. The topological polar surface area (TPSA) is 80.1 Å². The summed E-state index contributed by atoms with van der Waals surface area (Å²) in [6.45, 7) is 4.42. The molecule has 1 aliphatic rings. The predicted octanol–water partition coefficient (Wildman–Crippen LogP) is 2.54. The number of primary amides is 1. The SMILES string of the molecule is Cc1[nH]c(-c2ccccc2NC[C@@H]2CCOC2)cc1C(N)=O. The van der Waals surface area contributed by atoms with Crippen molar-refractivity contribution in [1.29, 1.82) is 0 Å². The Labute approximate surface area is 129 Å². The van der Waals surface area contributed by atoms with Gasteiger partial charge in [-0.15, -0.1) is 0 Å². The molecule has 0 bridgehead atoms. The number of ether oxygens (including phenoxy) is 1. The van der Waals surface area contributed by atoms with Gasteiger partial charge in [-0.2, -0.15) is 0 Å². The lowest BCUT2D eigenvalue weighted by atomic mass is 10.1. The third-order valence-corrected chi connectivity index (χ3v) is 4.10. The van der Waals surface area contributed by atoms with E-state index in [9.17, 15) is 4.79 Å². The van der Waals surface area contributed by atoms with Gasteiger partial charge < -0.3 is 20.8 Å². The van der Waals surface area contributed by atoms with Crippen LogP contribution in [0.25, 0.3) is 11.3 Å². The van der Waals surface area contributed by atoms with Crippen LogP contribution < -0.4 is 11.1 Å². The monoisotopic (exact) mass is 299 g/mol. The van der Waals surface area contributed by atoms with Gasteiger partial charge in [0.1, 0.15) is 0 Å². The first kappa shape index (κ1) is 14.7. The predicted molar refractivity (Wildman–Crippen MR) is 86.9 cm³/mol. The lowest BCUT2D eigenvalue weighted by Crippen LogP contribution is -2.14. The molecule has 1 aromatic carbocycles. The van der Waals surface area contributed by atoms with E-state index in [1.54, 1.807) is 0 Å². The number of nitrogens with two attached hydrogens (primary N) is 1. The van der Waals surface area contributed by atoms with Crippen LogP contribution in [0.2, 0.25) is 0 Å². The number of nitrogens with one attached hydrogen (secondary N) is 2. The Kier molecular flexibility index (Phi) is 4.15. The van der Waals surface area contributed by atoms with Crippen molar-refractivity contribution in [2.75, 3.05) is 25.1 Å². The number of rotatable bonds is 5. The number of aromatic nitrogens is 1. The van der Waals surface area contributed by atoms with Crippen molar-refractivity contribution in [2.45, 2.75) is 13.3 Å². The molecule has 1 amide bonds. The van der Waals surface area contributed by atoms with Crippen LogP contribution in [0.5, 0.6) is 0 Å². The van der Waals surface area contributed by atoms with Crippen LogP contribution in [0.4, 0.5) is 5.69 Å². The lowest BCUT2D eigenvalue weighted by molar-refractivity contribution is 0.1000. The van der Waals surface area contributed by atoms with E-state index in [1.165, 1.54) is 0 Å². The molecule has 4 N–H and O–H groups in total. The first-order valence-corrected chi connectivity index (χ1v) is 7.55. The minimum Gasteiger partial charge on any atom is -0.384 e. The van der Waals surface area contributed by atoms with Gasteiger partial charge in [0.05, 0.1) is 12.2 Å². The van der Waals surface area contributed by atoms with Gasteiger partial charge in [0.2, 0.25) is 0 Å². The Hall–Kier alpha value is -2.27. The van der Waals surface area contributed by atoms with Crippen LogP contribution >= 0.6 is 0 Å². The number of hydrogen-bond donors (Lipinski definition) is 3. The summed E-state index contributed by atoms with van der Waals surface area (Å²) in [6.07, 6.45) is 1.10. The van der Waals surface area contributed by atoms with Gasteiger partial charge in [-0.1, -0.05) is 18.2 Å². The minimum absolute atomic E-state index is 0.409. The first-order valence-electron chi connectivity index (χ1n) is 7.55. The van der Waals surface area contributed by atoms with E-state index < -0.39 is 5.91 Å². The molecule has 0 radical (unpaired) electrons. The van der Waals surface area contributed by atoms with Gasteiger partial charge >= 0.3 is 0 Å². The van der Waals surface area contributed by atoms with E-state index in [2.05, 4.69) is 10.3 Å². The summed E-state index contributed by atoms with van der Waals surface area (Å²) in [5, 5.41) is 3.50. The van der Waals surface area contributed by atoms with E-state index in [4.69, 9.17) is 10.5 Å². The van der Waals surface area contributed by atoms with Crippen molar-refractivity contribution < 1.29 is 9.53 Å². The maximum Gasteiger partial charge on any atom is 0.250 e. The van der Waals surface area contributed by atoms with Gasteiger partial charge in [-0.05, 0) is 25.5 Å². The molecule has 5 heteroatoms. The van der Waals surface area contributed by atoms with Crippen LogP contribution in [0.1, 0.15) is 22.5 Å². The summed E-state index contributed by atoms with van der Waals surface area (Å²) in [5.41, 5.74) is 9.71. The Morgan fingerprint density at radius 1 is 1.45 bits per heavy atom. The Balaban J connectivity index is 1.84.